The zero-order valence-corrected chi connectivity index (χ0v) is 60.2. The molecule has 7 atom stereocenters. The minimum Gasteiger partial charge on any atom is -0.492 e. The molecule has 15 rings (SSSR count). The maximum Gasteiger partial charge on any atom is 0.251 e. The van der Waals surface area contributed by atoms with Crippen LogP contribution in [0.25, 0.3) is 32.7 Å². The van der Waals surface area contributed by atoms with Crippen LogP contribution in [0.2, 0.25) is 0 Å². The Morgan fingerprint density at radius 3 is 1.02 bits per heavy atom. The Labute approximate surface area is 615 Å². The summed E-state index contributed by atoms with van der Waals surface area (Å²) < 4.78 is 244. The van der Waals surface area contributed by atoms with Crippen molar-refractivity contribution in [3.63, 3.8) is 0 Å². The molecular formula is C80H87F16N9O3. The van der Waals surface area contributed by atoms with Crippen LogP contribution >= 0.6 is 0 Å². The second kappa shape index (κ2) is 33.7. The summed E-state index contributed by atoms with van der Waals surface area (Å²) in [5, 5.41) is 2.17. The van der Waals surface area contributed by atoms with E-state index in [1.165, 1.54) is 58.3 Å². The lowest BCUT2D eigenvalue weighted by atomic mass is 9.87. The molecule has 12 nitrogen and oxygen atoms in total. The Hall–Kier alpha value is -8.02. The van der Waals surface area contributed by atoms with Gasteiger partial charge in [0.1, 0.15) is 89.8 Å². The Balaban J connectivity index is 0.000000143. The number of H-pyrrole nitrogens is 3. The summed E-state index contributed by atoms with van der Waals surface area (Å²) in [6.07, 6.45) is -4.89. The van der Waals surface area contributed by atoms with Crippen LogP contribution in [-0.2, 0) is 19.3 Å². The number of halogens is 16. The monoisotopic (exact) mass is 1530 g/mol. The van der Waals surface area contributed by atoms with E-state index in [0.717, 1.165) is 40.7 Å². The van der Waals surface area contributed by atoms with E-state index < -0.39 is 109 Å². The average Bonchev–Trinajstić information content (AvgIpc) is 1.55. The lowest BCUT2D eigenvalue weighted by Crippen LogP contribution is -2.49. The SMILES string of the molecule is CC[C@@H](F)CN1[C@H](c2c(F)cc(OCCN3CC(CF)C3)cc2F)c2[nH]c3ccccc3c2C[C@H]1C.C[C@@H]1Cc2c([nH]c3ccc(F)cc23)[C@@H](c2c(F)cc(OCCN3CC(CF)C3)cc2F)N1CC(F)F.C[C@H]1Cc2c([nH]c3ccc(F)cc23)[C@H](c2c(F)cc(OCCN3CC(CF)C3)cc2F)N1CC(F)F. The number of alkyl halides is 8. The molecule has 0 aliphatic carbocycles. The van der Waals surface area contributed by atoms with Crippen molar-refractivity contribution in [2.24, 2.45) is 17.8 Å². The van der Waals surface area contributed by atoms with Crippen molar-refractivity contribution in [1.29, 1.82) is 0 Å². The quantitative estimate of drug-likeness (QED) is 0.0484. The Bertz CT molecular complexity index is 4340. The topological polar surface area (TPSA) is 94.5 Å². The van der Waals surface area contributed by atoms with E-state index in [4.69, 9.17) is 14.2 Å². The van der Waals surface area contributed by atoms with Gasteiger partial charge in [-0.2, -0.15) is 0 Å². The van der Waals surface area contributed by atoms with Gasteiger partial charge in [-0.25, -0.2) is 57.1 Å². The Kier molecular flexibility index (Phi) is 24.4. The first-order chi connectivity index (χ1) is 51.9. The highest BCUT2D eigenvalue weighted by Gasteiger charge is 2.44. The first kappa shape index (κ1) is 78.1. The van der Waals surface area contributed by atoms with E-state index in [1.54, 1.807) is 20.8 Å². The van der Waals surface area contributed by atoms with Crippen LogP contribution < -0.4 is 14.2 Å². The molecule has 6 aliphatic rings. The number of rotatable bonds is 25. The van der Waals surface area contributed by atoms with Gasteiger partial charge in [0.2, 0.25) is 0 Å². The van der Waals surface area contributed by atoms with Gasteiger partial charge in [0.15, 0.2) is 0 Å². The van der Waals surface area contributed by atoms with Crippen molar-refractivity contribution in [2.75, 3.05) is 118 Å². The molecule has 0 spiro atoms. The minimum atomic E-state index is -2.72. The Morgan fingerprint density at radius 1 is 0.398 bits per heavy atom. The first-order valence-corrected chi connectivity index (χ1v) is 36.8. The number of ether oxygens (including phenoxy) is 3. The number of hydrogen-bond donors (Lipinski definition) is 3. The van der Waals surface area contributed by atoms with E-state index in [9.17, 15) is 43.9 Å². The molecule has 3 fully saturated rings. The summed E-state index contributed by atoms with van der Waals surface area (Å²) in [7, 11) is 0. The lowest BCUT2D eigenvalue weighted by molar-refractivity contribution is 0.0435. The van der Waals surface area contributed by atoms with Gasteiger partial charge >= 0.3 is 0 Å². The second-order valence-electron chi connectivity index (χ2n) is 29.5. The lowest BCUT2D eigenvalue weighted by Gasteiger charge is -2.41. The standard InChI is InChI=1S/C28H33F4N3O.2C26H27F6N3O/c1-3-19(30)16-35-17(2)10-22-21-6-4-5-7-25(21)33-27(22)28(35)26-23(31)11-20(12-24(26)32)36-9-8-34-14-18(13-29)15-34;2*1-14-6-19-18-7-16(28)2-3-22(18)33-25(19)26(35(14)13-23(31)32)24-20(29)8-17(9-21(24)30)36-5-4-34-11-15(10-27)12-34/h4-7,11-12,17-19,28,33H,3,8-10,13-16H2,1-2H3;2*2-3,7-9,14-15,23,26,33H,4-6,10-13H2,1H3/t17-,19-,28-;2*14-,26-/m110/s1. The van der Waals surface area contributed by atoms with Crippen molar-refractivity contribution in [3.8, 4) is 17.2 Å². The van der Waals surface area contributed by atoms with Crippen LogP contribution in [0.3, 0.4) is 0 Å². The van der Waals surface area contributed by atoms with Gasteiger partial charge in [-0.1, -0.05) is 25.1 Å². The maximum absolute atomic E-state index is 15.6. The smallest absolute Gasteiger partial charge is 0.251 e. The van der Waals surface area contributed by atoms with Crippen LogP contribution in [-0.4, -0.2) is 200 Å². The first-order valence-electron chi connectivity index (χ1n) is 36.8. The number of hydrogen-bond acceptors (Lipinski definition) is 9. The van der Waals surface area contributed by atoms with Crippen LogP contribution in [0.1, 0.15) is 103 Å². The summed E-state index contributed by atoms with van der Waals surface area (Å²) in [4.78, 5) is 20.2. The third-order valence-electron chi connectivity index (χ3n) is 22.0. The predicted octanol–water partition coefficient (Wildman–Crippen LogP) is 16.7. The van der Waals surface area contributed by atoms with Gasteiger partial charge in [-0.15, -0.1) is 0 Å². The molecule has 6 aliphatic heterocycles. The summed E-state index contributed by atoms with van der Waals surface area (Å²) in [6.45, 7) is 10.9. The summed E-state index contributed by atoms with van der Waals surface area (Å²) in [6, 6.07) is 18.6. The van der Waals surface area contributed by atoms with Gasteiger partial charge in [-0.05, 0) is 106 Å². The zero-order chi connectivity index (χ0) is 76.5. The molecule has 28 heteroatoms. The van der Waals surface area contributed by atoms with Crippen molar-refractivity contribution in [3.05, 3.63) is 194 Å². The number of benzene rings is 6. The van der Waals surface area contributed by atoms with Crippen molar-refractivity contribution in [2.45, 2.75) is 109 Å². The minimum absolute atomic E-state index is 0.0143. The fourth-order valence-corrected chi connectivity index (χ4v) is 16.5. The number of likely N-dealkylation sites (tertiary alicyclic amines) is 3. The van der Waals surface area contributed by atoms with Gasteiger partial charge in [-0.3, -0.25) is 42.6 Å². The zero-order valence-electron chi connectivity index (χ0n) is 60.2. The van der Waals surface area contributed by atoms with Crippen molar-refractivity contribution >= 4 is 32.7 Å². The van der Waals surface area contributed by atoms with Crippen LogP contribution in [0.5, 0.6) is 17.2 Å². The number of aromatic nitrogens is 3. The molecule has 9 aromatic rings. The molecule has 3 aromatic heterocycles. The second-order valence-corrected chi connectivity index (χ2v) is 29.5. The molecule has 0 unspecified atom stereocenters. The van der Waals surface area contributed by atoms with Gasteiger partial charge in [0, 0.05) is 204 Å². The fourth-order valence-electron chi connectivity index (χ4n) is 16.5. The number of fused-ring (bicyclic) bond motifs is 9. The summed E-state index contributed by atoms with van der Waals surface area (Å²) >= 11 is 0. The van der Waals surface area contributed by atoms with Crippen LogP contribution in [0, 0.1) is 64.3 Å². The number of para-hydroxylation sites is 1. The molecule has 0 saturated carbocycles. The average molecular weight is 1530 g/mol. The molecule has 582 valence electrons. The molecular weight excluding hydrogens is 1440 g/mol. The van der Waals surface area contributed by atoms with E-state index >= 15 is 26.3 Å². The normalized spacial score (nSPS) is 21.5. The van der Waals surface area contributed by atoms with Gasteiger partial charge < -0.3 is 29.2 Å². The van der Waals surface area contributed by atoms with Crippen molar-refractivity contribution in [1.82, 2.24) is 44.4 Å². The Morgan fingerprint density at radius 2 is 0.704 bits per heavy atom. The van der Waals surface area contributed by atoms with Crippen molar-refractivity contribution < 1.29 is 84.5 Å². The molecule has 108 heavy (non-hydrogen) atoms. The molecule has 6 aromatic carbocycles. The molecule has 3 saturated heterocycles. The molecule has 9 heterocycles. The summed E-state index contributed by atoms with van der Waals surface area (Å²) in [5.74, 6) is -5.80. The molecule has 0 amide bonds. The highest BCUT2D eigenvalue weighted by molar-refractivity contribution is 5.87. The number of nitrogens with zero attached hydrogens (tertiary/aromatic N) is 6. The fraction of sp³-hybridized carbons (Fsp3) is 0.475. The third kappa shape index (κ3) is 16.7. The summed E-state index contributed by atoms with van der Waals surface area (Å²) in [5.41, 5.74) is 5.01. The van der Waals surface area contributed by atoms with E-state index in [2.05, 4.69) is 15.0 Å². The van der Waals surface area contributed by atoms with Gasteiger partial charge in [0.25, 0.3) is 12.9 Å². The van der Waals surface area contributed by atoms with E-state index in [-0.39, 0.29) is 104 Å². The van der Waals surface area contributed by atoms with E-state index in [1.807, 2.05) is 50.8 Å². The van der Waals surface area contributed by atoms with E-state index in [0.29, 0.717) is 135 Å². The maximum atomic E-state index is 15.6. The number of nitrogens with one attached hydrogen (secondary N) is 3. The molecule has 0 radical (unpaired) electrons. The largest absolute Gasteiger partial charge is 0.492 e. The number of aromatic amines is 3. The van der Waals surface area contributed by atoms with Gasteiger partial charge in [0.05, 0.1) is 51.2 Å². The highest BCUT2D eigenvalue weighted by Crippen LogP contribution is 2.48. The highest BCUT2D eigenvalue weighted by atomic mass is 19.3. The third-order valence-corrected chi connectivity index (χ3v) is 22.0. The molecule has 3 N–H and O–H groups in total. The molecule has 0 bridgehead atoms. The predicted molar refractivity (Wildman–Crippen MR) is 380 cm³/mol. The van der Waals surface area contributed by atoms with Crippen LogP contribution in [0.4, 0.5) is 70.2 Å². The van der Waals surface area contributed by atoms with Crippen LogP contribution in [0.15, 0.2) is 97.1 Å².